The highest BCUT2D eigenvalue weighted by molar-refractivity contribution is 5.94. The third-order valence-electron chi connectivity index (χ3n) is 6.08. The SMILES string of the molecule is c1ccc(-c2ccc3c4c(c5c(c3c2)CCCC5)CCCC4)cc1. The van der Waals surface area contributed by atoms with E-state index >= 15 is 0 Å². The largest absolute Gasteiger partial charge is 0.0622 e. The zero-order chi connectivity index (χ0) is 15.9. The molecule has 0 fully saturated rings. The highest BCUT2D eigenvalue weighted by Gasteiger charge is 2.23. The van der Waals surface area contributed by atoms with Crippen LogP contribution >= 0.6 is 0 Å². The molecule has 0 N–H and O–H groups in total. The van der Waals surface area contributed by atoms with E-state index in [1.165, 1.54) is 62.5 Å². The van der Waals surface area contributed by atoms with Crippen molar-refractivity contribution in [3.8, 4) is 11.1 Å². The lowest BCUT2D eigenvalue weighted by Crippen LogP contribution is -2.13. The van der Waals surface area contributed by atoms with Crippen molar-refractivity contribution >= 4 is 10.8 Å². The predicted molar refractivity (Wildman–Crippen MR) is 103 cm³/mol. The maximum absolute atomic E-state index is 2.48. The van der Waals surface area contributed by atoms with Crippen LogP contribution in [0, 0.1) is 0 Å². The van der Waals surface area contributed by atoms with Crippen LogP contribution in [-0.4, -0.2) is 0 Å². The first kappa shape index (κ1) is 14.3. The first-order chi connectivity index (χ1) is 11.9. The number of fused-ring (bicyclic) bond motifs is 6. The van der Waals surface area contributed by atoms with Gasteiger partial charge in [-0.25, -0.2) is 0 Å². The fraction of sp³-hybridized carbons (Fsp3) is 0.333. The zero-order valence-electron chi connectivity index (χ0n) is 14.3. The van der Waals surface area contributed by atoms with Crippen LogP contribution < -0.4 is 0 Å². The molecule has 0 unspecified atom stereocenters. The number of hydrogen-bond donors (Lipinski definition) is 0. The van der Waals surface area contributed by atoms with Crippen LogP contribution in [0.25, 0.3) is 21.9 Å². The van der Waals surface area contributed by atoms with Crippen LogP contribution in [0.3, 0.4) is 0 Å². The van der Waals surface area contributed by atoms with E-state index in [0.717, 1.165) is 0 Å². The molecule has 0 saturated carbocycles. The van der Waals surface area contributed by atoms with Crippen LogP contribution in [0.15, 0.2) is 48.5 Å². The standard InChI is InChI=1S/C24H24/c1-2-8-17(9-3-1)18-14-15-23-21-12-5-4-10-19(21)20-11-6-7-13-22(20)24(23)16-18/h1-3,8-9,14-16H,4-7,10-13H2. The third-order valence-corrected chi connectivity index (χ3v) is 6.08. The van der Waals surface area contributed by atoms with E-state index in [0.29, 0.717) is 0 Å². The number of aryl methyl sites for hydroxylation is 2. The van der Waals surface area contributed by atoms with Crippen molar-refractivity contribution in [3.05, 3.63) is 70.8 Å². The summed E-state index contributed by atoms with van der Waals surface area (Å²) in [7, 11) is 0. The first-order valence-corrected chi connectivity index (χ1v) is 9.56. The minimum Gasteiger partial charge on any atom is -0.0622 e. The second-order valence-corrected chi connectivity index (χ2v) is 7.45. The predicted octanol–water partition coefficient (Wildman–Crippen LogP) is 6.26. The number of hydrogen-bond acceptors (Lipinski definition) is 0. The average molecular weight is 312 g/mol. The molecule has 0 bridgehead atoms. The molecular formula is C24H24. The normalized spacial score (nSPS) is 16.7. The van der Waals surface area contributed by atoms with Crippen LogP contribution in [0.4, 0.5) is 0 Å². The Balaban J connectivity index is 1.80. The van der Waals surface area contributed by atoms with E-state index in [4.69, 9.17) is 0 Å². The molecule has 0 aromatic heterocycles. The average Bonchev–Trinajstić information content (AvgIpc) is 2.68. The zero-order valence-corrected chi connectivity index (χ0v) is 14.3. The van der Waals surface area contributed by atoms with Crippen molar-refractivity contribution < 1.29 is 0 Å². The van der Waals surface area contributed by atoms with Gasteiger partial charge in [-0.3, -0.25) is 0 Å². The van der Waals surface area contributed by atoms with Gasteiger partial charge in [0.2, 0.25) is 0 Å². The Labute approximate surface area is 144 Å². The molecule has 0 atom stereocenters. The van der Waals surface area contributed by atoms with Gasteiger partial charge in [-0.1, -0.05) is 42.5 Å². The van der Waals surface area contributed by atoms with E-state index in [1.54, 1.807) is 33.0 Å². The van der Waals surface area contributed by atoms with Gasteiger partial charge >= 0.3 is 0 Å². The minimum absolute atomic E-state index is 1.28. The van der Waals surface area contributed by atoms with E-state index < -0.39 is 0 Å². The molecule has 3 aromatic rings. The molecule has 0 nitrogen and oxygen atoms in total. The molecule has 0 amide bonds. The second kappa shape index (κ2) is 5.77. The van der Waals surface area contributed by atoms with Crippen molar-refractivity contribution in [2.45, 2.75) is 51.4 Å². The van der Waals surface area contributed by atoms with E-state index in [2.05, 4.69) is 48.5 Å². The maximum Gasteiger partial charge on any atom is -0.0140 e. The lowest BCUT2D eigenvalue weighted by Gasteiger charge is -2.28. The summed E-state index contributed by atoms with van der Waals surface area (Å²) in [4.78, 5) is 0. The molecule has 0 radical (unpaired) electrons. The first-order valence-electron chi connectivity index (χ1n) is 9.56. The van der Waals surface area contributed by atoms with Gasteiger partial charge in [-0.15, -0.1) is 0 Å². The summed E-state index contributed by atoms with van der Waals surface area (Å²) in [5, 5.41) is 3.09. The maximum atomic E-state index is 2.48. The topological polar surface area (TPSA) is 0 Å². The van der Waals surface area contributed by atoms with Gasteiger partial charge in [0.1, 0.15) is 0 Å². The highest BCUT2D eigenvalue weighted by atomic mass is 14.3. The van der Waals surface area contributed by atoms with Gasteiger partial charge in [-0.05, 0) is 102 Å². The van der Waals surface area contributed by atoms with Gasteiger partial charge < -0.3 is 0 Å². The van der Waals surface area contributed by atoms with Crippen LogP contribution in [-0.2, 0) is 25.7 Å². The lowest BCUT2D eigenvalue weighted by atomic mass is 9.77. The summed E-state index contributed by atoms with van der Waals surface area (Å²) < 4.78 is 0. The fourth-order valence-corrected chi connectivity index (χ4v) is 4.94. The molecule has 2 aliphatic carbocycles. The fourth-order valence-electron chi connectivity index (χ4n) is 4.94. The summed E-state index contributed by atoms with van der Waals surface area (Å²) in [5.41, 5.74) is 9.52. The summed E-state index contributed by atoms with van der Waals surface area (Å²) >= 11 is 0. The summed E-state index contributed by atoms with van der Waals surface area (Å²) in [6.07, 6.45) is 10.7. The minimum atomic E-state index is 1.28. The lowest BCUT2D eigenvalue weighted by molar-refractivity contribution is 0.647. The summed E-state index contributed by atoms with van der Waals surface area (Å²) in [6, 6.07) is 18.1. The number of benzene rings is 3. The Morgan fingerprint density at radius 3 is 1.71 bits per heavy atom. The number of rotatable bonds is 1. The quantitative estimate of drug-likeness (QED) is 0.497. The van der Waals surface area contributed by atoms with Crippen LogP contribution in [0.1, 0.15) is 47.9 Å². The Kier molecular flexibility index (Phi) is 3.43. The van der Waals surface area contributed by atoms with E-state index in [9.17, 15) is 0 Å². The van der Waals surface area contributed by atoms with Crippen molar-refractivity contribution in [1.29, 1.82) is 0 Å². The Bertz CT molecular complexity index is 902. The van der Waals surface area contributed by atoms with E-state index in [-0.39, 0.29) is 0 Å². The molecular weight excluding hydrogens is 288 g/mol. The Morgan fingerprint density at radius 1 is 0.458 bits per heavy atom. The molecule has 0 saturated heterocycles. The van der Waals surface area contributed by atoms with Crippen molar-refractivity contribution in [2.75, 3.05) is 0 Å². The summed E-state index contributed by atoms with van der Waals surface area (Å²) in [6.45, 7) is 0. The molecule has 3 aromatic carbocycles. The van der Waals surface area contributed by atoms with Crippen molar-refractivity contribution in [1.82, 2.24) is 0 Å². The van der Waals surface area contributed by atoms with E-state index in [1.807, 2.05) is 0 Å². The van der Waals surface area contributed by atoms with Crippen molar-refractivity contribution in [2.24, 2.45) is 0 Å². The molecule has 5 rings (SSSR count). The molecule has 120 valence electrons. The molecule has 2 aliphatic rings. The molecule has 0 heteroatoms. The summed E-state index contributed by atoms with van der Waals surface area (Å²) in [5.74, 6) is 0. The molecule has 0 aliphatic heterocycles. The Hall–Kier alpha value is -2.08. The van der Waals surface area contributed by atoms with Gasteiger partial charge in [-0.2, -0.15) is 0 Å². The Morgan fingerprint density at radius 2 is 1.04 bits per heavy atom. The van der Waals surface area contributed by atoms with Gasteiger partial charge in [0.15, 0.2) is 0 Å². The van der Waals surface area contributed by atoms with Gasteiger partial charge in [0.25, 0.3) is 0 Å². The van der Waals surface area contributed by atoms with Crippen LogP contribution in [0.2, 0.25) is 0 Å². The second-order valence-electron chi connectivity index (χ2n) is 7.45. The molecule has 0 spiro atoms. The molecule has 0 heterocycles. The third kappa shape index (κ3) is 2.20. The highest BCUT2D eigenvalue weighted by Crippen LogP contribution is 2.40. The van der Waals surface area contributed by atoms with Gasteiger partial charge in [0.05, 0.1) is 0 Å². The van der Waals surface area contributed by atoms with Gasteiger partial charge in [0, 0.05) is 0 Å². The smallest absolute Gasteiger partial charge is 0.0140 e. The van der Waals surface area contributed by atoms with Crippen LogP contribution in [0.5, 0.6) is 0 Å². The molecule has 24 heavy (non-hydrogen) atoms. The monoisotopic (exact) mass is 312 g/mol. The van der Waals surface area contributed by atoms with Crippen molar-refractivity contribution in [3.63, 3.8) is 0 Å².